The molecule has 1 aromatic carbocycles. The SMILES string of the molecule is CS(=O)(=O)C[C@@H](c1ccc(CNCC2COCC(C3CC3)O2)cc1)C(F)(F)F.Cl. The van der Waals surface area contributed by atoms with Crippen LogP contribution in [-0.2, 0) is 25.9 Å². The van der Waals surface area contributed by atoms with Gasteiger partial charge in [0.1, 0.15) is 9.84 Å². The molecule has 5 nitrogen and oxygen atoms in total. The van der Waals surface area contributed by atoms with Crippen LogP contribution in [0.2, 0.25) is 0 Å². The van der Waals surface area contributed by atoms with Gasteiger partial charge in [0.05, 0.1) is 37.1 Å². The molecule has 1 heterocycles. The highest BCUT2D eigenvalue weighted by Gasteiger charge is 2.42. The van der Waals surface area contributed by atoms with Crippen LogP contribution in [0.1, 0.15) is 29.9 Å². The smallest absolute Gasteiger partial charge is 0.376 e. The summed E-state index contributed by atoms with van der Waals surface area (Å²) >= 11 is 0. The molecule has 1 aliphatic carbocycles. The van der Waals surface area contributed by atoms with Gasteiger partial charge in [-0.05, 0) is 29.9 Å². The Labute approximate surface area is 175 Å². The Hall–Kier alpha value is -0.870. The molecule has 10 heteroatoms. The van der Waals surface area contributed by atoms with Crippen molar-refractivity contribution in [3.05, 3.63) is 35.4 Å². The van der Waals surface area contributed by atoms with Crippen molar-refractivity contribution in [1.82, 2.24) is 5.32 Å². The molecule has 0 bridgehead atoms. The predicted octanol–water partition coefficient (Wildman–Crippen LogP) is 3.08. The van der Waals surface area contributed by atoms with Gasteiger partial charge in [-0.25, -0.2) is 8.42 Å². The average Bonchev–Trinajstić information content (AvgIpc) is 3.44. The second-order valence-electron chi connectivity index (χ2n) is 7.73. The molecule has 1 N–H and O–H groups in total. The molecule has 1 saturated carbocycles. The normalized spacial score (nSPS) is 24.0. The summed E-state index contributed by atoms with van der Waals surface area (Å²) in [4.78, 5) is 0. The van der Waals surface area contributed by atoms with Crippen LogP contribution < -0.4 is 5.32 Å². The van der Waals surface area contributed by atoms with E-state index in [2.05, 4.69) is 5.32 Å². The molecule has 0 radical (unpaired) electrons. The van der Waals surface area contributed by atoms with Gasteiger partial charge in [-0.15, -0.1) is 12.4 Å². The van der Waals surface area contributed by atoms with Crippen molar-refractivity contribution >= 4 is 22.2 Å². The highest BCUT2D eigenvalue weighted by Crippen LogP contribution is 2.37. The van der Waals surface area contributed by atoms with E-state index < -0.39 is 27.7 Å². The quantitative estimate of drug-likeness (QED) is 0.650. The molecule has 166 valence electrons. The third-order valence-electron chi connectivity index (χ3n) is 5.05. The zero-order chi connectivity index (χ0) is 20.4. The fourth-order valence-electron chi connectivity index (χ4n) is 3.39. The standard InChI is InChI=1S/C19H26F3NO4S.ClH/c1-28(24,25)12-17(19(20,21)22)14-4-2-13(3-5-14)8-23-9-16-10-26-11-18(27-16)15-6-7-15;/h2-5,15-18,23H,6-12H2,1H3;1H/t16?,17-,18?;/m0./s1. The molecule has 2 unspecified atom stereocenters. The summed E-state index contributed by atoms with van der Waals surface area (Å²) in [6.45, 7) is 2.27. The van der Waals surface area contributed by atoms with Crippen LogP contribution in [0, 0.1) is 5.92 Å². The predicted molar refractivity (Wildman–Crippen MR) is 106 cm³/mol. The van der Waals surface area contributed by atoms with Crippen molar-refractivity contribution in [3.63, 3.8) is 0 Å². The number of ether oxygens (including phenoxy) is 2. The van der Waals surface area contributed by atoms with Crippen molar-refractivity contribution in [3.8, 4) is 0 Å². The molecule has 0 aromatic heterocycles. The van der Waals surface area contributed by atoms with Gasteiger partial charge < -0.3 is 14.8 Å². The fraction of sp³-hybridized carbons (Fsp3) is 0.684. The molecule has 0 amide bonds. The Balaban J connectivity index is 0.00000300. The number of hydrogen-bond donors (Lipinski definition) is 1. The van der Waals surface area contributed by atoms with E-state index in [1.165, 1.54) is 25.0 Å². The lowest BCUT2D eigenvalue weighted by Crippen LogP contribution is -2.42. The first-order valence-electron chi connectivity index (χ1n) is 9.39. The molecule has 1 saturated heterocycles. The van der Waals surface area contributed by atoms with Gasteiger partial charge in [-0.3, -0.25) is 0 Å². The summed E-state index contributed by atoms with van der Waals surface area (Å²) in [5.41, 5.74) is 0.775. The van der Waals surface area contributed by atoms with Crippen LogP contribution in [0.5, 0.6) is 0 Å². The number of benzene rings is 1. The fourth-order valence-corrected chi connectivity index (χ4v) is 4.38. The van der Waals surface area contributed by atoms with Gasteiger partial charge in [0.15, 0.2) is 0 Å². The molecule has 2 fully saturated rings. The van der Waals surface area contributed by atoms with Crippen molar-refractivity contribution in [2.45, 2.75) is 43.7 Å². The summed E-state index contributed by atoms with van der Waals surface area (Å²) in [5, 5.41) is 3.25. The van der Waals surface area contributed by atoms with E-state index in [4.69, 9.17) is 9.47 Å². The summed E-state index contributed by atoms with van der Waals surface area (Å²) in [6.07, 6.45) is -1.26. The van der Waals surface area contributed by atoms with E-state index >= 15 is 0 Å². The van der Waals surface area contributed by atoms with E-state index in [-0.39, 0.29) is 30.2 Å². The van der Waals surface area contributed by atoms with Crippen LogP contribution in [0.25, 0.3) is 0 Å². The van der Waals surface area contributed by atoms with Crippen molar-refractivity contribution in [2.24, 2.45) is 5.92 Å². The van der Waals surface area contributed by atoms with Crippen LogP contribution >= 0.6 is 12.4 Å². The lowest BCUT2D eigenvalue weighted by atomic mass is 9.99. The largest absolute Gasteiger partial charge is 0.396 e. The van der Waals surface area contributed by atoms with Gasteiger partial charge in [-0.1, -0.05) is 24.3 Å². The van der Waals surface area contributed by atoms with Crippen molar-refractivity contribution in [1.29, 1.82) is 0 Å². The molecule has 3 rings (SSSR count). The first-order valence-corrected chi connectivity index (χ1v) is 11.4. The first kappa shape index (κ1) is 24.4. The van der Waals surface area contributed by atoms with Crippen LogP contribution in [0.4, 0.5) is 13.2 Å². The average molecular weight is 458 g/mol. The van der Waals surface area contributed by atoms with Gasteiger partial charge in [0.25, 0.3) is 0 Å². The number of sulfone groups is 1. The zero-order valence-electron chi connectivity index (χ0n) is 16.2. The minimum Gasteiger partial charge on any atom is -0.376 e. The lowest BCUT2D eigenvalue weighted by molar-refractivity contribution is -0.145. The van der Waals surface area contributed by atoms with Crippen LogP contribution in [0.3, 0.4) is 0 Å². The monoisotopic (exact) mass is 457 g/mol. The molecule has 1 aromatic rings. The molecule has 1 aliphatic heterocycles. The number of alkyl halides is 3. The molecular formula is C19H27ClF3NO4S. The van der Waals surface area contributed by atoms with Gasteiger partial charge in [-0.2, -0.15) is 13.2 Å². The summed E-state index contributed by atoms with van der Waals surface area (Å²) < 4.78 is 74.0. The number of nitrogens with one attached hydrogen (secondary N) is 1. The number of halogens is 4. The maximum Gasteiger partial charge on any atom is 0.396 e. The third-order valence-corrected chi connectivity index (χ3v) is 5.99. The van der Waals surface area contributed by atoms with Gasteiger partial charge >= 0.3 is 6.18 Å². The number of rotatable bonds is 8. The molecule has 3 atom stereocenters. The topological polar surface area (TPSA) is 64.6 Å². The maximum absolute atomic E-state index is 13.2. The Morgan fingerprint density at radius 1 is 1.17 bits per heavy atom. The number of hydrogen-bond acceptors (Lipinski definition) is 5. The van der Waals surface area contributed by atoms with E-state index in [9.17, 15) is 21.6 Å². The maximum atomic E-state index is 13.2. The minimum atomic E-state index is -4.61. The minimum absolute atomic E-state index is 0. The highest BCUT2D eigenvalue weighted by atomic mass is 35.5. The highest BCUT2D eigenvalue weighted by molar-refractivity contribution is 7.90. The molecular weight excluding hydrogens is 431 g/mol. The lowest BCUT2D eigenvalue weighted by Gasteiger charge is -2.30. The Kier molecular flexibility index (Phi) is 8.38. The molecule has 0 spiro atoms. The summed E-state index contributed by atoms with van der Waals surface area (Å²) in [6, 6.07) is 5.89. The van der Waals surface area contributed by atoms with E-state index in [1.54, 1.807) is 12.1 Å². The Bertz CT molecular complexity index is 754. The zero-order valence-corrected chi connectivity index (χ0v) is 17.8. The van der Waals surface area contributed by atoms with E-state index in [0.29, 0.717) is 32.2 Å². The second kappa shape index (κ2) is 9.96. The van der Waals surface area contributed by atoms with Crippen LogP contribution in [0.15, 0.2) is 24.3 Å². The van der Waals surface area contributed by atoms with Crippen LogP contribution in [-0.4, -0.2) is 58.6 Å². The van der Waals surface area contributed by atoms with Crippen molar-refractivity contribution < 1.29 is 31.1 Å². The van der Waals surface area contributed by atoms with Crippen molar-refractivity contribution in [2.75, 3.05) is 31.8 Å². The summed E-state index contributed by atoms with van der Waals surface area (Å²) in [5.74, 6) is -2.35. The Morgan fingerprint density at radius 3 is 2.38 bits per heavy atom. The van der Waals surface area contributed by atoms with E-state index in [1.807, 2.05) is 0 Å². The second-order valence-corrected chi connectivity index (χ2v) is 9.92. The molecule has 2 aliphatic rings. The van der Waals surface area contributed by atoms with Gasteiger partial charge in [0.2, 0.25) is 0 Å². The van der Waals surface area contributed by atoms with E-state index in [0.717, 1.165) is 11.8 Å². The first-order chi connectivity index (χ1) is 13.1. The molecule has 29 heavy (non-hydrogen) atoms. The Morgan fingerprint density at radius 2 is 1.83 bits per heavy atom. The summed E-state index contributed by atoms with van der Waals surface area (Å²) in [7, 11) is -3.76. The van der Waals surface area contributed by atoms with Gasteiger partial charge in [0, 0.05) is 19.3 Å². The third kappa shape index (κ3) is 7.71.